The van der Waals surface area contributed by atoms with Gasteiger partial charge in [0.15, 0.2) is 0 Å². The normalized spacial score (nSPS) is 15.8. The molecule has 0 bridgehead atoms. The number of aliphatic hydroxyl groups excluding tert-OH is 1. The molecular formula is C33H34N2O. The number of rotatable bonds is 6. The van der Waals surface area contributed by atoms with E-state index < -0.39 is 6.10 Å². The summed E-state index contributed by atoms with van der Waals surface area (Å²) in [4.78, 5) is 2.46. The molecule has 2 heterocycles. The minimum absolute atomic E-state index is 0.441. The number of hydrogen-bond acceptors (Lipinski definition) is 2. The average molecular weight is 475 g/mol. The maximum absolute atomic E-state index is 11.5. The fourth-order valence-electron chi connectivity index (χ4n) is 5.98. The number of benzene rings is 4. The maximum atomic E-state index is 11.5. The lowest BCUT2D eigenvalue weighted by Gasteiger charge is -2.24. The van der Waals surface area contributed by atoms with Gasteiger partial charge in [-0.1, -0.05) is 110 Å². The molecule has 36 heavy (non-hydrogen) atoms. The highest BCUT2D eigenvalue weighted by Crippen LogP contribution is 2.43. The molecule has 1 aromatic heterocycles. The quantitative estimate of drug-likeness (QED) is 0.278. The number of fused-ring (bicyclic) bond motifs is 3. The van der Waals surface area contributed by atoms with Gasteiger partial charge < -0.3 is 14.6 Å². The number of aliphatic hydroxyl groups is 1. The minimum Gasteiger partial charge on any atom is -0.390 e. The van der Waals surface area contributed by atoms with Gasteiger partial charge in [0.05, 0.1) is 23.9 Å². The molecule has 0 aliphatic carbocycles. The van der Waals surface area contributed by atoms with E-state index in [9.17, 15) is 5.11 Å². The monoisotopic (exact) mass is 474 g/mol. The van der Waals surface area contributed by atoms with Crippen LogP contribution in [0.3, 0.4) is 0 Å². The van der Waals surface area contributed by atoms with Gasteiger partial charge in [0, 0.05) is 22.9 Å². The van der Waals surface area contributed by atoms with Gasteiger partial charge in [-0.15, -0.1) is 0 Å². The highest BCUT2D eigenvalue weighted by molar-refractivity contribution is 6.15. The van der Waals surface area contributed by atoms with E-state index in [1.807, 2.05) is 0 Å². The summed E-state index contributed by atoms with van der Waals surface area (Å²) in [5.41, 5.74) is 6.02. The Balaban J connectivity index is 1.57. The van der Waals surface area contributed by atoms with E-state index in [1.165, 1.54) is 69.7 Å². The Morgan fingerprint density at radius 1 is 0.611 bits per heavy atom. The number of likely N-dealkylation sites (tertiary alicyclic amines) is 1. The van der Waals surface area contributed by atoms with Crippen molar-refractivity contribution in [2.75, 3.05) is 19.6 Å². The molecule has 1 fully saturated rings. The van der Waals surface area contributed by atoms with E-state index in [4.69, 9.17) is 0 Å². The Labute approximate surface area is 213 Å². The number of nitrogens with zero attached hydrogens (tertiary/aromatic N) is 2. The Kier molecular flexibility index (Phi) is 6.59. The predicted molar refractivity (Wildman–Crippen MR) is 151 cm³/mol. The zero-order valence-electron chi connectivity index (χ0n) is 20.8. The molecule has 1 saturated heterocycles. The van der Waals surface area contributed by atoms with Crippen LogP contribution in [-0.4, -0.2) is 40.3 Å². The SMILES string of the molecule is O[C@@H](CN1CCCCCC1)Cn1c(-c2ccccc2)c(-c2ccccc2)c2ccc3ccccc3c21. The van der Waals surface area contributed by atoms with Crippen LogP contribution in [0, 0.1) is 0 Å². The molecule has 4 aromatic carbocycles. The molecule has 5 aromatic rings. The predicted octanol–water partition coefficient (Wildman–Crippen LogP) is 7.37. The lowest BCUT2D eigenvalue weighted by atomic mass is 9.97. The minimum atomic E-state index is -0.441. The van der Waals surface area contributed by atoms with E-state index in [0.29, 0.717) is 6.54 Å². The van der Waals surface area contributed by atoms with Crippen molar-refractivity contribution in [3.05, 3.63) is 97.1 Å². The Morgan fingerprint density at radius 2 is 1.25 bits per heavy atom. The van der Waals surface area contributed by atoms with Crippen LogP contribution in [0.5, 0.6) is 0 Å². The fraction of sp³-hybridized carbons (Fsp3) is 0.273. The highest BCUT2D eigenvalue weighted by Gasteiger charge is 2.24. The molecule has 0 unspecified atom stereocenters. The molecule has 0 spiro atoms. The van der Waals surface area contributed by atoms with Gasteiger partial charge in [-0.05, 0) is 42.4 Å². The molecule has 0 amide bonds. The first-order valence-corrected chi connectivity index (χ1v) is 13.3. The third-order valence-corrected chi connectivity index (χ3v) is 7.62. The van der Waals surface area contributed by atoms with Crippen LogP contribution in [0.25, 0.3) is 44.1 Å². The van der Waals surface area contributed by atoms with E-state index in [0.717, 1.165) is 19.6 Å². The lowest BCUT2D eigenvalue weighted by molar-refractivity contribution is 0.101. The van der Waals surface area contributed by atoms with Crippen molar-refractivity contribution in [1.29, 1.82) is 0 Å². The molecular weight excluding hydrogens is 440 g/mol. The van der Waals surface area contributed by atoms with Crippen LogP contribution in [0.2, 0.25) is 0 Å². The second-order valence-electron chi connectivity index (χ2n) is 10.1. The van der Waals surface area contributed by atoms with Crippen molar-refractivity contribution >= 4 is 21.7 Å². The van der Waals surface area contributed by atoms with Gasteiger partial charge >= 0.3 is 0 Å². The molecule has 3 nitrogen and oxygen atoms in total. The number of aromatic nitrogens is 1. The first-order valence-electron chi connectivity index (χ1n) is 13.3. The molecule has 0 radical (unpaired) electrons. The summed E-state index contributed by atoms with van der Waals surface area (Å²) in [5.74, 6) is 0. The van der Waals surface area contributed by atoms with Gasteiger partial charge in [0.25, 0.3) is 0 Å². The number of hydrogen-bond donors (Lipinski definition) is 1. The van der Waals surface area contributed by atoms with Crippen molar-refractivity contribution in [1.82, 2.24) is 9.47 Å². The van der Waals surface area contributed by atoms with Gasteiger partial charge in [-0.2, -0.15) is 0 Å². The topological polar surface area (TPSA) is 28.4 Å². The van der Waals surface area contributed by atoms with Crippen molar-refractivity contribution in [2.24, 2.45) is 0 Å². The van der Waals surface area contributed by atoms with Crippen LogP contribution in [0.1, 0.15) is 25.7 Å². The van der Waals surface area contributed by atoms with Crippen molar-refractivity contribution in [3.63, 3.8) is 0 Å². The van der Waals surface area contributed by atoms with Crippen molar-refractivity contribution < 1.29 is 5.11 Å². The summed E-state index contributed by atoms with van der Waals surface area (Å²) in [6.45, 7) is 3.47. The van der Waals surface area contributed by atoms with Crippen LogP contribution in [-0.2, 0) is 6.54 Å². The van der Waals surface area contributed by atoms with Gasteiger partial charge in [-0.3, -0.25) is 0 Å². The number of β-amino-alcohol motifs (C(OH)–C–C–N with tert-alkyl or cyclic N) is 1. The van der Waals surface area contributed by atoms with Crippen LogP contribution < -0.4 is 0 Å². The summed E-state index contributed by atoms with van der Waals surface area (Å²) in [5, 5.41) is 15.2. The zero-order chi connectivity index (χ0) is 24.3. The van der Waals surface area contributed by atoms with Crippen LogP contribution in [0.4, 0.5) is 0 Å². The van der Waals surface area contributed by atoms with Crippen molar-refractivity contribution in [3.8, 4) is 22.4 Å². The highest BCUT2D eigenvalue weighted by atomic mass is 16.3. The van der Waals surface area contributed by atoms with Gasteiger partial charge in [0.1, 0.15) is 0 Å². The average Bonchev–Trinajstić information content (AvgIpc) is 3.04. The van der Waals surface area contributed by atoms with Gasteiger partial charge in [0.2, 0.25) is 0 Å². The molecule has 182 valence electrons. The second-order valence-corrected chi connectivity index (χ2v) is 10.1. The van der Waals surface area contributed by atoms with E-state index in [2.05, 4.69) is 107 Å². The maximum Gasteiger partial charge on any atom is 0.0845 e. The summed E-state index contributed by atoms with van der Waals surface area (Å²) in [7, 11) is 0. The molecule has 1 N–H and O–H groups in total. The molecule has 3 heteroatoms. The molecule has 1 aliphatic heterocycles. The zero-order valence-corrected chi connectivity index (χ0v) is 20.8. The van der Waals surface area contributed by atoms with E-state index in [1.54, 1.807) is 0 Å². The van der Waals surface area contributed by atoms with Crippen LogP contribution >= 0.6 is 0 Å². The molecule has 6 rings (SSSR count). The van der Waals surface area contributed by atoms with Gasteiger partial charge in [-0.25, -0.2) is 0 Å². The summed E-state index contributed by atoms with van der Waals surface area (Å²) < 4.78 is 2.40. The van der Waals surface area contributed by atoms with Crippen molar-refractivity contribution in [2.45, 2.75) is 38.3 Å². The summed E-state index contributed by atoms with van der Waals surface area (Å²) in [6, 6.07) is 34.5. The first-order chi connectivity index (χ1) is 17.8. The summed E-state index contributed by atoms with van der Waals surface area (Å²) >= 11 is 0. The molecule has 0 saturated carbocycles. The Morgan fingerprint density at radius 3 is 1.97 bits per heavy atom. The van der Waals surface area contributed by atoms with Crippen LogP contribution in [0.15, 0.2) is 97.1 Å². The van der Waals surface area contributed by atoms with E-state index in [-0.39, 0.29) is 0 Å². The largest absolute Gasteiger partial charge is 0.390 e. The third kappa shape index (κ3) is 4.45. The van der Waals surface area contributed by atoms with E-state index >= 15 is 0 Å². The molecule has 1 atom stereocenters. The Hall–Kier alpha value is -3.40. The smallest absolute Gasteiger partial charge is 0.0845 e. The standard InChI is InChI=1S/C33H34N2O/c36-28(23-34-21-11-1-2-12-22-34)24-35-32(27-16-7-4-8-17-27)31(26-14-5-3-6-15-26)30-20-19-25-13-9-10-18-29(25)33(30)35/h3-10,13-20,28,36H,1-2,11-12,21-24H2/t28-/m0/s1. The Bertz CT molecular complexity index is 1450. The summed E-state index contributed by atoms with van der Waals surface area (Å²) in [6.07, 6.45) is 4.64. The lowest BCUT2D eigenvalue weighted by Crippen LogP contribution is -2.35. The fourth-order valence-corrected chi connectivity index (χ4v) is 5.98. The molecule has 1 aliphatic rings. The first kappa shape index (κ1) is 23.0. The third-order valence-electron chi connectivity index (χ3n) is 7.62. The second kappa shape index (κ2) is 10.3.